The number of pyridine rings is 1. The van der Waals surface area contributed by atoms with Crippen LogP contribution in [0.25, 0.3) is 0 Å². The van der Waals surface area contributed by atoms with E-state index in [0.717, 1.165) is 13.1 Å². The molecule has 2 rings (SSSR count). The maximum Gasteiger partial charge on any atom is 0.357 e. The highest BCUT2D eigenvalue weighted by Gasteiger charge is 2.35. The first-order chi connectivity index (χ1) is 7.24. The normalized spacial score (nSPS) is 14.1. The predicted molar refractivity (Wildman–Crippen MR) is 56.2 cm³/mol. The molecule has 0 saturated carbocycles. The molecule has 15 heavy (non-hydrogen) atoms. The van der Waals surface area contributed by atoms with Gasteiger partial charge in [-0.1, -0.05) is 0 Å². The Kier molecular flexibility index (Phi) is 2.73. The molecular weight excluding hydrogens is 218 g/mol. The fourth-order valence-corrected chi connectivity index (χ4v) is 2.06. The monoisotopic (exact) mass is 228 g/mol. The van der Waals surface area contributed by atoms with Crippen molar-refractivity contribution in [2.75, 3.05) is 23.9 Å². The molecule has 0 radical (unpaired) electrons. The summed E-state index contributed by atoms with van der Waals surface area (Å²) < 4.78 is 1.89. The number of rotatable bonds is 3. The van der Waals surface area contributed by atoms with Gasteiger partial charge in [-0.05, 0) is 6.07 Å². The molecule has 80 valence electrons. The van der Waals surface area contributed by atoms with E-state index in [1.807, 2.05) is 15.7 Å². The van der Waals surface area contributed by atoms with E-state index >= 15 is 0 Å². The van der Waals surface area contributed by atoms with Crippen LogP contribution in [0.15, 0.2) is 18.3 Å². The zero-order chi connectivity index (χ0) is 10.8. The van der Waals surface area contributed by atoms with Crippen LogP contribution in [-0.2, 0) is 6.54 Å². The second-order valence-electron chi connectivity index (χ2n) is 3.34. The SMILES string of the molecule is O=[N+]([O-])c1ccc[n+]2c1N(CCCl)CC2. The first-order valence-corrected chi connectivity index (χ1v) is 5.25. The Morgan fingerprint density at radius 1 is 1.67 bits per heavy atom. The van der Waals surface area contributed by atoms with Gasteiger partial charge in [0, 0.05) is 6.07 Å². The zero-order valence-electron chi connectivity index (χ0n) is 8.10. The smallest absolute Gasteiger partial charge is 0.258 e. The third-order valence-electron chi connectivity index (χ3n) is 2.48. The van der Waals surface area contributed by atoms with Crippen molar-refractivity contribution in [3.05, 3.63) is 28.4 Å². The third-order valence-corrected chi connectivity index (χ3v) is 2.65. The van der Waals surface area contributed by atoms with E-state index in [-0.39, 0.29) is 10.6 Å². The molecule has 2 heterocycles. The Labute approximate surface area is 92.0 Å². The standard InChI is InChI=1S/C9H11ClN3O2/c10-3-5-12-7-6-11-4-1-2-8(9(11)12)13(14)15/h1-2,4H,3,5-7H2/q+1. The summed E-state index contributed by atoms with van der Waals surface area (Å²) in [7, 11) is 0. The highest BCUT2D eigenvalue weighted by molar-refractivity contribution is 6.18. The van der Waals surface area contributed by atoms with Gasteiger partial charge in [-0.25, -0.2) is 4.57 Å². The maximum absolute atomic E-state index is 10.8. The summed E-state index contributed by atoms with van der Waals surface area (Å²) in [6, 6.07) is 3.23. The molecule has 1 aromatic heterocycles. The van der Waals surface area contributed by atoms with Gasteiger partial charge in [0.05, 0.1) is 23.5 Å². The topological polar surface area (TPSA) is 50.3 Å². The number of nitro groups is 1. The van der Waals surface area contributed by atoms with Crippen LogP contribution in [0.3, 0.4) is 0 Å². The fraction of sp³-hybridized carbons (Fsp3) is 0.444. The van der Waals surface area contributed by atoms with Gasteiger partial charge in [-0.3, -0.25) is 15.0 Å². The molecule has 0 fully saturated rings. The van der Waals surface area contributed by atoms with Crippen molar-refractivity contribution in [1.29, 1.82) is 0 Å². The van der Waals surface area contributed by atoms with Crippen LogP contribution in [0.2, 0.25) is 0 Å². The number of anilines is 1. The van der Waals surface area contributed by atoms with Gasteiger partial charge in [0.1, 0.15) is 13.1 Å². The van der Waals surface area contributed by atoms with Crippen LogP contribution in [0.1, 0.15) is 0 Å². The zero-order valence-corrected chi connectivity index (χ0v) is 8.85. The molecular formula is C9H11ClN3O2+. The van der Waals surface area contributed by atoms with Crippen LogP contribution in [-0.4, -0.2) is 23.9 Å². The molecule has 1 aliphatic heterocycles. The average molecular weight is 229 g/mol. The minimum atomic E-state index is -0.349. The minimum absolute atomic E-state index is 0.153. The lowest BCUT2D eigenvalue weighted by Gasteiger charge is -2.07. The summed E-state index contributed by atoms with van der Waals surface area (Å²) in [6.45, 7) is 2.22. The molecule has 5 nitrogen and oxygen atoms in total. The Hall–Kier alpha value is -1.36. The molecule has 0 unspecified atom stereocenters. The number of nitrogens with zero attached hydrogens (tertiary/aromatic N) is 3. The number of alkyl halides is 1. The van der Waals surface area contributed by atoms with Crippen LogP contribution in [0.4, 0.5) is 11.5 Å². The van der Waals surface area contributed by atoms with Gasteiger partial charge in [-0.2, -0.15) is 0 Å². The lowest BCUT2D eigenvalue weighted by molar-refractivity contribution is -0.673. The Morgan fingerprint density at radius 3 is 3.13 bits per heavy atom. The number of halogens is 1. The Morgan fingerprint density at radius 2 is 2.47 bits per heavy atom. The summed E-state index contributed by atoms with van der Waals surface area (Å²) in [5, 5.41) is 10.8. The maximum atomic E-state index is 10.8. The Balaban J connectivity index is 2.43. The van der Waals surface area contributed by atoms with Gasteiger partial charge >= 0.3 is 11.5 Å². The van der Waals surface area contributed by atoms with Crippen molar-refractivity contribution < 1.29 is 9.49 Å². The van der Waals surface area contributed by atoms with Gasteiger partial charge in [-0.15, -0.1) is 11.6 Å². The second kappa shape index (κ2) is 4.02. The largest absolute Gasteiger partial charge is 0.357 e. The predicted octanol–water partition coefficient (Wildman–Crippen LogP) is 0.941. The van der Waals surface area contributed by atoms with Crippen LogP contribution >= 0.6 is 11.6 Å². The van der Waals surface area contributed by atoms with Crippen molar-refractivity contribution in [3.8, 4) is 0 Å². The number of hydrogen-bond acceptors (Lipinski definition) is 3. The lowest BCUT2D eigenvalue weighted by Crippen LogP contribution is -2.31. The van der Waals surface area contributed by atoms with Gasteiger partial charge in [0.15, 0.2) is 0 Å². The summed E-state index contributed by atoms with van der Waals surface area (Å²) in [5.41, 5.74) is 0.153. The summed E-state index contributed by atoms with van der Waals surface area (Å²) in [5.74, 6) is 1.15. The molecule has 6 heteroatoms. The first kappa shape index (κ1) is 10.2. The van der Waals surface area contributed by atoms with E-state index in [4.69, 9.17) is 11.6 Å². The fourth-order valence-electron chi connectivity index (χ4n) is 1.85. The van der Waals surface area contributed by atoms with Crippen molar-refractivity contribution in [3.63, 3.8) is 0 Å². The van der Waals surface area contributed by atoms with Gasteiger partial charge < -0.3 is 0 Å². The van der Waals surface area contributed by atoms with Crippen molar-refractivity contribution >= 4 is 23.1 Å². The van der Waals surface area contributed by atoms with Gasteiger partial charge in [0.2, 0.25) is 0 Å². The van der Waals surface area contributed by atoms with E-state index in [1.54, 1.807) is 6.07 Å². The average Bonchev–Trinajstić information content (AvgIpc) is 2.62. The summed E-state index contributed by atoms with van der Waals surface area (Å²) in [6.07, 6.45) is 1.86. The molecule has 0 aliphatic carbocycles. The minimum Gasteiger partial charge on any atom is -0.258 e. The number of hydrogen-bond donors (Lipinski definition) is 0. The molecule has 1 aliphatic rings. The second-order valence-corrected chi connectivity index (χ2v) is 3.72. The first-order valence-electron chi connectivity index (χ1n) is 4.72. The molecule has 0 saturated heterocycles. The van der Waals surface area contributed by atoms with E-state index in [9.17, 15) is 10.1 Å². The van der Waals surface area contributed by atoms with Crippen molar-refractivity contribution in [2.45, 2.75) is 6.54 Å². The highest BCUT2D eigenvalue weighted by atomic mass is 35.5. The van der Waals surface area contributed by atoms with Crippen molar-refractivity contribution in [1.82, 2.24) is 0 Å². The van der Waals surface area contributed by atoms with E-state index in [1.165, 1.54) is 6.07 Å². The van der Waals surface area contributed by atoms with Crippen LogP contribution in [0, 0.1) is 10.1 Å². The number of aromatic nitrogens is 1. The molecule has 0 atom stereocenters. The summed E-state index contributed by atoms with van der Waals surface area (Å²) >= 11 is 5.66. The third kappa shape index (κ3) is 1.74. The number of fused-ring (bicyclic) bond motifs is 1. The van der Waals surface area contributed by atoms with Crippen molar-refractivity contribution in [2.24, 2.45) is 0 Å². The van der Waals surface area contributed by atoms with Crippen LogP contribution in [0.5, 0.6) is 0 Å². The quantitative estimate of drug-likeness (QED) is 0.335. The van der Waals surface area contributed by atoms with E-state index in [0.29, 0.717) is 18.2 Å². The highest BCUT2D eigenvalue weighted by Crippen LogP contribution is 2.26. The molecule has 0 N–H and O–H groups in total. The van der Waals surface area contributed by atoms with Gasteiger partial charge in [0.25, 0.3) is 0 Å². The molecule has 0 spiro atoms. The van der Waals surface area contributed by atoms with Crippen LogP contribution < -0.4 is 9.47 Å². The molecule has 0 bridgehead atoms. The molecule has 1 aromatic rings. The molecule has 0 aromatic carbocycles. The lowest BCUT2D eigenvalue weighted by atomic mass is 10.3. The van der Waals surface area contributed by atoms with E-state index < -0.39 is 0 Å². The Bertz CT molecular complexity index is 395. The molecule has 0 amide bonds. The van der Waals surface area contributed by atoms with E-state index in [2.05, 4.69) is 0 Å². The summed E-state index contributed by atoms with van der Waals surface area (Å²) in [4.78, 5) is 12.4.